The first-order chi connectivity index (χ1) is 5.93. The summed E-state index contributed by atoms with van der Waals surface area (Å²) < 4.78 is 0. The van der Waals surface area contributed by atoms with Crippen molar-refractivity contribution in [2.45, 2.75) is 37.5 Å². The second-order valence-electron chi connectivity index (χ2n) is 4.04. The van der Waals surface area contributed by atoms with Crippen LogP contribution in [-0.4, -0.2) is 4.98 Å². The molecule has 1 aromatic rings. The molecule has 0 radical (unpaired) electrons. The Morgan fingerprint density at radius 2 is 1.42 bits per heavy atom. The molecule has 1 nitrogen and oxygen atoms in total. The zero-order valence-corrected chi connectivity index (χ0v) is 7.16. The normalized spacial score (nSPS) is 22.7. The van der Waals surface area contributed by atoms with Crippen LogP contribution in [0.3, 0.4) is 0 Å². The predicted octanol–water partition coefficient (Wildman–Crippen LogP) is 2.84. The fraction of sp³-hybridized carbons (Fsp3) is 0.545. The van der Waals surface area contributed by atoms with Crippen molar-refractivity contribution in [3.63, 3.8) is 0 Å². The van der Waals surface area contributed by atoms with Crippen LogP contribution in [0.2, 0.25) is 0 Å². The lowest BCUT2D eigenvalue weighted by Crippen LogP contribution is -1.91. The van der Waals surface area contributed by atoms with Gasteiger partial charge in [-0.1, -0.05) is 6.07 Å². The van der Waals surface area contributed by atoms with Crippen LogP contribution in [-0.2, 0) is 0 Å². The van der Waals surface area contributed by atoms with Crippen molar-refractivity contribution in [1.29, 1.82) is 0 Å². The lowest BCUT2D eigenvalue weighted by Gasteiger charge is -2.00. The topological polar surface area (TPSA) is 12.9 Å². The molecule has 0 spiro atoms. The molecular weight excluding hydrogens is 146 g/mol. The number of nitrogens with zero attached hydrogens (tertiary/aromatic N) is 1. The quantitative estimate of drug-likeness (QED) is 0.646. The van der Waals surface area contributed by atoms with E-state index in [1.54, 1.807) is 0 Å². The number of hydrogen-bond acceptors (Lipinski definition) is 1. The van der Waals surface area contributed by atoms with E-state index in [1.807, 2.05) is 0 Å². The average molecular weight is 159 g/mol. The van der Waals surface area contributed by atoms with Gasteiger partial charge in [-0.3, -0.25) is 4.98 Å². The van der Waals surface area contributed by atoms with Crippen molar-refractivity contribution in [1.82, 2.24) is 4.98 Å². The third kappa shape index (κ3) is 1.13. The molecule has 0 unspecified atom stereocenters. The van der Waals surface area contributed by atoms with Gasteiger partial charge in [0.2, 0.25) is 0 Å². The molecule has 0 aliphatic heterocycles. The van der Waals surface area contributed by atoms with Gasteiger partial charge in [0, 0.05) is 23.2 Å². The summed E-state index contributed by atoms with van der Waals surface area (Å²) in [6, 6.07) is 6.54. The third-order valence-corrected chi connectivity index (χ3v) is 2.78. The minimum absolute atomic E-state index is 0.809. The molecule has 1 heterocycles. The standard InChI is InChI=1S/C11H13N/c1-2-10(8-4-5-8)12-11(3-1)9-6-7-9/h1-3,8-9H,4-7H2. The summed E-state index contributed by atoms with van der Waals surface area (Å²) in [7, 11) is 0. The molecule has 0 saturated heterocycles. The average Bonchev–Trinajstić information content (AvgIpc) is 2.98. The van der Waals surface area contributed by atoms with Gasteiger partial charge in [0.25, 0.3) is 0 Å². The lowest BCUT2D eigenvalue weighted by atomic mass is 10.2. The Morgan fingerprint density at radius 3 is 1.83 bits per heavy atom. The first-order valence-electron chi connectivity index (χ1n) is 4.90. The van der Waals surface area contributed by atoms with Gasteiger partial charge in [-0.05, 0) is 37.8 Å². The molecule has 1 heteroatoms. The Hall–Kier alpha value is -0.850. The van der Waals surface area contributed by atoms with E-state index in [1.165, 1.54) is 37.1 Å². The number of rotatable bonds is 2. The highest BCUT2D eigenvalue weighted by molar-refractivity contribution is 5.22. The van der Waals surface area contributed by atoms with Crippen LogP contribution < -0.4 is 0 Å². The summed E-state index contributed by atoms with van der Waals surface area (Å²) in [6.45, 7) is 0. The third-order valence-electron chi connectivity index (χ3n) is 2.78. The Bertz CT molecular complexity index is 270. The van der Waals surface area contributed by atoms with Crippen molar-refractivity contribution in [2.24, 2.45) is 0 Å². The maximum Gasteiger partial charge on any atom is 0.0437 e. The molecule has 2 aliphatic carbocycles. The zero-order chi connectivity index (χ0) is 7.97. The van der Waals surface area contributed by atoms with Gasteiger partial charge < -0.3 is 0 Å². The highest BCUT2D eigenvalue weighted by atomic mass is 14.7. The van der Waals surface area contributed by atoms with Crippen molar-refractivity contribution < 1.29 is 0 Å². The van der Waals surface area contributed by atoms with E-state index >= 15 is 0 Å². The Balaban J connectivity index is 1.93. The van der Waals surface area contributed by atoms with Crippen LogP contribution in [0.1, 0.15) is 48.9 Å². The number of hydrogen-bond donors (Lipinski definition) is 0. The van der Waals surface area contributed by atoms with E-state index in [9.17, 15) is 0 Å². The molecule has 2 saturated carbocycles. The SMILES string of the molecule is c1cc(C2CC2)nc(C2CC2)c1. The molecule has 62 valence electrons. The first kappa shape index (κ1) is 6.64. The Kier molecular flexibility index (Phi) is 1.28. The van der Waals surface area contributed by atoms with Gasteiger partial charge in [-0.15, -0.1) is 0 Å². The monoisotopic (exact) mass is 159 g/mol. The molecule has 1 aromatic heterocycles. The van der Waals surface area contributed by atoms with Crippen LogP contribution in [0.4, 0.5) is 0 Å². The molecule has 0 aromatic carbocycles. The highest BCUT2D eigenvalue weighted by Crippen LogP contribution is 2.42. The largest absolute Gasteiger partial charge is 0.257 e. The molecule has 0 bridgehead atoms. The summed E-state index contributed by atoms with van der Waals surface area (Å²) in [4.78, 5) is 4.70. The maximum absolute atomic E-state index is 4.70. The molecule has 3 rings (SSSR count). The van der Waals surface area contributed by atoms with Crippen molar-refractivity contribution in [2.75, 3.05) is 0 Å². The summed E-state index contributed by atoms with van der Waals surface area (Å²) >= 11 is 0. The van der Waals surface area contributed by atoms with Crippen molar-refractivity contribution in [3.8, 4) is 0 Å². The van der Waals surface area contributed by atoms with Gasteiger partial charge in [0.1, 0.15) is 0 Å². The number of aromatic nitrogens is 1. The predicted molar refractivity (Wildman–Crippen MR) is 48.2 cm³/mol. The zero-order valence-electron chi connectivity index (χ0n) is 7.16. The van der Waals surface area contributed by atoms with E-state index in [0.717, 1.165) is 11.8 Å². The summed E-state index contributed by atoms with van der Waals surface area (Å²) in [5, 5.41) is 0. The van der Waals surface area contributed by atoms with E-state index in [4.69, 9.17) is 4.98 Å². The van der Waals surface area contributed by atoms with E-state index in [0.29, 0.717) is 0 Å². The fourth-order valence-electron chi connectivity index (χ4n) is 1.68. The second-order valence-corrected chi connectivity index (χ2v) is 4.04. The second kappa shape index (κ2) is 2.32. The van der Waals surface area contributed by atoms with Gasteiger partial charge in [0.15, 0.2) is 0 Å². The van der Waals surface area contributed by atoms with Crippen LogP contribution in [0.15, 0.2) is 18.2 Å². The first-order valence-corrected chi connectivity index (χ1v) is 4.90. The number of pyridine rings is 1. The van der Waals surface area contributed by atoms with Crippen LogP contribution in [0.5, 0.6) is 0 Å². The highest BCUT2D eigenvalue weighted by Gasteiger charge is 2.28. The lowest BCUT2D eigenvalue weighted by molar-refractivity contribution is 0.939. The van der Waals surface area contributed by atoms with Crippen LogP contribution in [0.25, 0.3) is 0 Å². The summed E-state index contributed by atoms with van der Waals surface area (Å²) in [5.41, 5.74) is 2.69. The molecule has 0 amide bonds. The van der Waals surface area contributed by atoms with E-state index < -0.39 is 0 Å². The fourth-order valence-corrected chi connectivity index (χ4v) is 1.68. The Labute approximate surface area is 72.8 Å². The Morgan fingerprint density at radius 1 is 0.917 bits per heavy atom. The minimum Gasteiger partial charge on any atom is -0.257 e. The van der Waals surface area contributed by atoms with Gasteiger partial charge in [-0.2, -0.15) is 0 Å². The van der Waals surface area contributed by atoms with E-state index in [-0.39, 0.29) is 0 Å². The van der Waals surface area contributed by atoms with Crippen LogP contribution >= 0.6 is 0 Å². The van der Waals surface area contributed by atoms with Crippen molar-refractivity contribution >= 4 is 0 Å². The minimum atomic E-state index is 0.809. The van der Waals surface area contributed by atoms with Gasteiger partial charge >= 0.3 is 0 Å². The van der Waals surface area contributed by atoms with E-state index in [2.05, 4.69) is 18.2 Å². The van der Waals surface area contributed by atoms with Crippen LogP contribution in [0, 0.1) is 0 Å². The molecular formula is C11H13N. The maximum atomic E-state index is 4.70. The molecule has 2 aliphatic rings. The molecule has 0 N–H and O–H groups in total. The smallest absolute Gasteiger partial charge is 0.0437 e. The molecule has 0 atom stereocenters. The van der Waals surface area contributed by atoms with Gasteiger partial charge in [-0.25, -0.2) is 0 Å². The molecule has 2 fully saturated rings. The molecule has 12 heavy (non-hydrogen) atoms. The van der Waals surface area contributed by atoms with Crippen molar-refractivity contribution in [3.05, 3.63) is 29.6 Å². The summed E-state index contributed by atoms with van der Waals surface area (Å²) in [6.07, 6.45) is 5.45. The summed E-state index contributed by atoms with van der Waals surface area (Å²) in [5.74, 6) is 1.62. The van der Waals surface area contributed by atoms with Gasteiger partial charge in [0.05, 0.1) is 0 Å².